The Morgan fingerprint density at radius 3 is 2.91 bits per heavy atom. The van der Waals surface area contributed by atoms with Crippen LogP contribution < -0.4 is 5.73 Å². The average Bonchev–Trinajstić information content (AvgIpc) is 1.98. The van der Waals surface area contributed by atoms with Gasteiger partial charge in [-0.25, -0.2) is 0 Å². The van der Waals surface area contributed by atoms with E-state index in [1.165, 1.54) is 0 Å². The van der Waals surface area contributed by atoms with Crippen LogP contribution in [0.1, 0.15) is 0 Å². The molecule has 1 aromatic rings. The number of benzene rings is 1. The quantitative estimate of drug-likeness (QED) is 0.331. The molecule has 2 N–H and O–H groups in total. The lowest BCUT2D eigenvalue weighted by Gasteiger charge is -1.97. The van der Waals surface area contributed by atoms with Gasteiger partial charge in [-0.3, -0.25) is 0 Å². The van der Waals surface area contributed by atoms with Crippen molar-refractivity contribution < 1.29 is 0 Å². The van der Waals surface area contributed by atoms with Crippen LogP contribution in [0.4, 0.5) is 11.4 Å². The Morgan fingerprint density at radius 2 is 2.27 bits per heavy atom. The number of azide groups is 1. The summed E-state index contributed by atoms with van der Waals surface area (Å²) in [6.07, 6.45) is 0. The molecule has 1 rings (SSSR count). The van der Waals surface area contributed by atoms with Gasteiger partial charge < -0.3 is 5.73 Å². The van der Waals surface area contributed by atoms with E-state index in [2.05, 4.69) is 26.0 Å². The third-order valence-corrected chi connectivity index (χ3v) is 1.64. The van der Waals surface area contributed by atoms with Crippen LogP contribution in [0.5, 0.6) is 0 Å². The highest BCUT2D eigenvalue weighted by molar-refractivity contribution is 9.10. The summed E-state index contributed by atoms with van der Waals surface area (Å²) >= 11 is 3.23. The second kappa shape index (κ2) is 3.27. The van der Waals surface area contributed by atoms with Crippen molar-refractivity contribution in [2.45, 2.75) is 0 Å². The second-order valence-electron chi connectivity index (χ2n) is 1.89. The first-order valence-electron chi connectivity index (χ1n) is 2.84. The molecule has 0 atom stereocenters. The molecule has 56 valence electrons. The molecule has 0 aliphatic heterocycles. The fraction of sp³-hybridized carbons (Fsp3) is 0. The number of halogens is 1. The monoisotopic (exact) mass is 212 g/mol. The maximum atomic E-state index is 8.12. The first kappa shape index (κ1) is 7.91. The molecule has 0 heterocycles. The first-order chi connectivity index (χ1) is 5.24. The third-order valence-electron chi connectivity index (χ3n) is 1.14. The van der Waals surface area contributed by atoms with E-state index in [1.54, 1.807) is 18.2 Å². The molecular weight excluding hydrogens is 208 g/mol. The summed E-state index contributed by atoms with van der Waals surface area (Å²) in [5.74, 6) is 0. The smallest absolute Gasteiger partial charge is 0.0616 e. The van der Waals surface area contributed by atoms with Crippen LogP contribution in [0, 0.1) is 0 Å². The molecule has 0 fully saturated rings. The molecule has 4 nitrogen and oxygen atoms in total. The summed E-state index contributed by atoms with van der Waals surface area (Å²) in [4.78, 5) is 2.63. The van der Waals surface area contributed by atoms with Gasteiger partial charge in [0, 0.05) is 15.1 Å². The number of rotatable bonds is 1. The predicted molar refractivity (Wildman–Crippen MR) is 47.4 cm³/mol. The van der Waals surface area contributed by atoms with Crippen molar-refractivity contribution in [1.29, 1.82) is 0 Å². The molecule has 5 heteroatoms. The van der Waals surface area contributed by atoms with Crippen molar-refractivity contribution in [2.75, 3.05) is 5.73 Å². The van der Waals surface area contributed by atoms with Crippen LogP contribution in [0.2, 0.25) is 0 Å². The highest BCUT2D eigenvalue weighted by Crippen LogP contribution is 2.25. The zero-order chi connectivity index (χ0) is 8.27. The molecule has 0 saturated carbocycles. The molecule has 0 aliphatic rings. The van der Waals surface area contributed by atoms with Crippen LogP contribution in [-0.2, 0) is 0 Å². The molecule has 11 heavy (non-hydrogen) atoms. The van der Waals surface area contributed by atoms with Crippen LogP contribution in [0.25, 0.3) is 10.4 Å². The van der Waals surface area contributed by atoms with Gasteiger partial charge in [-0.15, -0.1) is 0 Å². The Hall–Kier alpha value is -1.19. The van der Waals surface area contributed by atoms with E-state index in [4.69, 9.17) is 11.3 Å². The van der Waals surface area contributed by atoms with E-state index in [0.717, 1.165) is 4.47 Å². The van der Waals surface area contributed by atoms with Crippen molar-refractivity contribution in [3.05, 3.63) is 33.1 Å². The van der Waals surface area contributed by atoms with Crippen LogP contribution in [-0.4, -0.2) is 0 Å². The number of hydrogen-bond acceptors (Lipinski definition) is 2. The molecule has 0 saturated heterocycles. The number of nitrogen functional groups attached to an aromatic ring is 1. The van der Waals surface area contributed by atoms with E-state index in [-0.39, 0.29) is 0 Å². The van der Waals surface area contributed by atoms with Gasteiger partial charge in [-0.2, -0.15) is 0 Å². The molecular formula is C6H5BrN4. The molecule has 0 amide bonds. The van der Waals surface area contributed by atoms with E-state index >= 15 is 0 Å². The van der Waals surface area contributed by atoms with E-state index in [9.17, 15) is 0 Å². The summed E-state index contributed by atoms with van der Waals surface area (Å²) in [5.41, 5.74) is 14.5. The predicted octanol–water partition coefficient (Wildman–Crippen LogP) is 2.97. The van der Waals surface area contributed by atoms with Crippen LogP contribution in [0.3, 0.4) is 0 Å². The Kier molecular flexibility index (Phi) is 2.36. The number of anilines is 1. The number of hydrogen-bond donors (Lipinski definition) is 1. The first-order valence-corrected chi connectivity index (χ1v) is 3.63. The zero-order valence-electron chi connectivity index (χ0n) is 5.53. The van der Waals surface area contributed by atoms with Gasteiger partial charge in [0.2, 0.25) is 0 Å². The lowest BCUT2D eigenvalue weighted by atomic mass is 10.3. The van der Waals surface area contributed by atoms with Gasteiger partial charge in [0.25, 0.3) is 0 Å². The summed E-state index contributed by atoms with van der Waals surface area (Å²) in [5, 5.41) is 3.39. The van der Waals surface area contributed by atoms with Crippen molar-refractivity contribution >= 4 is 27.3 Å². The molecule has 0 bridgehead atoms. The molecule has 0 aromatic heterocycles. The fourth-order valence-corrected chi connectivity index (χ4v) is 1.00. The lowest BCUT2D eigenvalue weighted by molar-refractivity contribution is 1.46. The summed E-state index contributed by atoms with van der Waals surface area (Å²) < 4.78 is 0.842. The molecule has 0 aliphatic carbocycles. The van der Waals surface area contributed by atoms with E-state index < -0.39 is 0 Å². The van der Waals surface area contributed by atoms with Crippen LogP contribution in [0.15, 0.2) is 27.8 Å². The van der Waals surface area contributed by atoms with Gasteiger partial charge in [-0.1, -0.05) is 21.0 Å². The third kappa shape index (κ3) is 1.86. The maximum absolute atomic E-state index is 8.12. The Labute approximate surface area is 71.8 Å². The largest absolute Gasteiger partial charge is 0.398 e. The SMILES string of the molecule is [N-]=[N+]=Nc1cc(Br)ccc1N. The van der Waals surface area contributed by atoms with Crippen molar-refractivity contribution in [3.8, 4) is 0 Å². The lowest BCUT2D eigenvalue weighted by Crippen LogP contribution is -1.83. The van der Waals surface area contributed by atoms with Gasteiger partial charge in [-0.05, 0) is 23.7 Å². The molecule has 0 radical (unpaired) electrons. The maximum Gasteiger partial charge on any atom is 0.0616 e. The minimum absolute atomic E-state index is 0.446. The zero-order valence-corrected chi connectivity index (χ0v) is 7.12. The fourth-order valence-electron chi connectivity index (χ4n) is 0.652. The van der Waals surface area contributed by atoms with Gasteiger partial charge in [0.05, 0.1) is 5.69 Å². The van der Waals surface area contributed by atoms with E-state index in [0.29, 0.717) is 11.4 Å². The summed E-state index contributed by atoms with van der Waals surface area (Å²) in [6, 6.07) is 5.12. The Morgan fingerprint density at radius 1 is 1.55 bits per heavy atom. The second-order valence-corrected chi connectivity index (χ2v) is 2.81. The standard InChI is InChI=1S/C6H5BrN4/c7-4-1-2-5(8)6(3-4)10-11-9/h1-3H,8H2. The van der Waals surface area contributed by atoms with Gasteiger partial charge >= 0.3 is 0 Å². The number of nitrogens with two attached hydrogens (primary N) is 1. The normalized spacial score (nSPS) is 8.82. The Bertz CT molecular complexity index is 316. The average molecular weight is 213 g/mol. The van der Waals surface area contributed by atoms with Gasteiger partial charge in [0.15, 0.2) is 0 Å². The van der Waals surface area contributed by atoms with Gasteiger partial charge in [0.1, 0.15) is 0 Å². The minimum Gasteiger partial charge on any atom is -0.398 e. The topological polar surface area (TPSA) is 74.8 Å². The number of nitrogens with zero attached hydrogens (tertiary/aromatic N) is 3. The van der Waals surface area contributed by atoms with E-state index in [1.807, 2.05) is 0 Å². The van der Waals surface area contributed by atoms with Crippen molar-refractivity contribution in [1.82, 2.24) is 0 Å². The molecule has 0 unspecified atom stereocenters. The highest BCUT2D eigenvalue weighted by atomic mass is 79.9. The Balaban J connectivity index is 3.22. The minimum atomic E-state index is 0.446. The van der Waals surface area contributed by atoms with Crippen molar-refractivity contribution in [3.63, 3.8) is 0 Å². The summed E-state index contributed by atoms with van der Waals surface area (Å²) in [6.45, 7) is 0. The van der Waals surface area contributed by atoms with Crippen LogP contribution >= 0.6 is 15.9 Å². The highest BCUT2D eigenvalue weighted by Gasteiger charge is 1.95. The molecule has 1 aromatic carbocycles. The van der Waals surface area contributed by atoms with Crippen molar-refractivity contribution in [2.24, 2.45) is 5.11 Å². The summed E-state index contributed by atoms with van der Waals surface area (Å²) in [7, 11) is 0. The molecule has 0 spiro atoms.